The molecule has 0 atom stereocenters. The molecule has 0 aliphatic carbocycles. The largest absolute Gasteiger partial charge is 0.380 e. The number of ether oxygens (including phenoxy) is 1. The smallest absolute Gasteiger partial charge is 0.321 e. The number of methoxy groups -OCH3 is 1. The summed E-state index contributed by atoms with van der Waals surface area (Å²) >= 11 is 0. The molecular formula is C20H24N2O2. The molecule has 2 aromatic rings. The van der Waals surface area contributed by atoms with Crippen LogP contribution < -0.4 is 5.32 Å². The van der Waals surface area contributed by atoms with Crippen LogP contribution in [0.15, 0.2) is 54.6 Å². The first kappa shape index (κ1) is 16.5. The maximum absolute atomic E-state index is 12.5. The van der Waals surface area contributed by atoms with Crippen molar-refractivity contribution in [2.75, 3.05) is 25.5 Å². The molecule has 1 fully saturated rings. The van der Waals surface area contributed by atoms with Gasteiger partial charge >= 0.3 is 6.03 Å². The van der Waals surface area contributed by atoms with Gasteiger partial charge in [-0.25, -0.2) is 4.79 Å². The summed E-state index contributed by atoms with van der Waals surface area (Å²) in [6.07, 6.45) is 2.02. The Kier molecular flexibility index (Phi) is 5.49. The first-order valence-electron chi connectivity index (χ1n) is 8.45. The van der Waals surface area contributed by atoms with Gasteiger partial charge in [0.25, 0.3) is 0 Å². The lowest BCUT2D eigenvalue weighted by Gasteiger charge is -2.32. The SMILES string of the molecule is COCc1ccccc1NC(=O)N1CCC(c2ccccc2)CC1. The number of nitrogens with one attached hydrogen (secondary N) is 1. The number of likely N-dealkylation sites (tertiary alicyclic amines) is 1. The van der Waals surface area contributed by atoms with Gasteiger partial charge in [0, 0.05) is 31.5 Å². The summed E-state index contributed by atoms with van der Waals surface area (Å²) in [5.74, 6) is 0.552. The lowest BCUT2D eigenvalue weighted by Crippen LogP contribution is -2.40. The number of para-hydroxylation sites is 1. The topological polar surface area (TPSA) is 41.6 Å². The molecule has 0 saturated carbocycles. The van der Waals surface area contributed by atoms with E-state index in [2.05, 4.69) is 29.6 Å². The van der Waals surface area contributed by atoms with E-state index in [1.165, 1.54) is 5.56 Å². The number of amides is 2. The third-order valence-electron chi connectivity index (χ3n) is 4.61. The highest BCUT2D eigenvalue weighted by Crippen LogP contribution is 2.28. The summed E-state index contributed by atoms with van der Waals surface area (Å²) in [5.41, 5.74) is 3.20. The Balaban J connectivity index is 1.58. The third-order valence-corrected chi connectivity index (χ3v) is 4.61. The fourth-order valence-electron chi connectivity index (χ4n) is 3.26. The predicted octanol–water partition coefficient (Wildman–Crippen LogP) is 4.24. The van der Waals surface area contributed by atoms with E-state index in [9.17, 15) is 4.79 Å². The van der Waals surface area contributed by atoms with Crippen LogP contribution in [-0.4, -0.2) is 31.1 Å². The van der Waals surface area contributed by atoms with Gasteiger partial charge in [0.15, 0.2) is 0 Å². The second kappa shape index (κ2) is 7.97. The average Bonchev–Trinajstić information content (AvgIpc) is 2.64. The maximum atomic E-state index is 12.5. The molecule has 1 aliphatic rings. The Hall–Kier alpha value is -2.33. The highest BCUT2D eigenvalue weighted by atomic mass is 16.5. The van der Waals surface area contributed by atoms with Crippen molar-refractivity contribution in [2.24, 2.45) is 0 Å². The Labute approximate surface area is 143 Å². The maximum Gasteiger partial charge on any atom is 0.321 e. The first-order valence-corrected chi connectivity index (χ1v) is 8.45. The number of benzene rings is 2. The minimum Gasteiger partial charge on any atom is -0.380 e. The molecule has 1 aliphatic heterocycles. The summed E-state index contributed by atoms with van der Waals surface area (Å²) in [7, 11) is 1.66. The Morgan fingerprint density at radius 1 is 1.08 bits per heavy atom. The number of urea groups is 1. The number of anilines is 1. The molecule has 0 unspecified atom stereocenters. The molecule has 0 radical (unpaired) electrons. The van der Waals surface area contributed by atoms with Crippen molar-refractivity contribution >= 4 is 11.7 Å². The minimum atomic E-state index is -0.0231. The van der Waals surface area contributed by atoms with Crippen LogP contribution >= 0.6 is 0 Å². The Bertz CT molecular complexity index is 664. The fraction of sp³-hybridized carbons (Fsp3) is 0.350. The van der Waals surface area contributed by atoms with Gasteiger partial charge in [-0.2, -0.15) is 0 Å². The van der Waals surface area contributed by atoms with Crippen molar-refractivity contribution in [3.8, 4) is 0 Å². The zero-order valence-corrected chi connectivity index (χ0v) is 14.1. The van der Waals surface area contributed by atoms with Crippen molar-refractivity contribution in [1.29, 1.82) is 0 Å². The van der Waals surface area contributed by atoms with E-state index in [1.54, 1.807) is 7.11 Å². The van der Waals surface area contributed by atoms with Crippen molar-refractivity contribution in [3.63, 3.8) is 0 Å². The van der Waals surface area contributed by atoms with Crippen molar-refractivity contribution < 1.29 is 9.53 Å². The molecule has 0 aromatic heterocycles. The third kappa shape index (κ3) is 3.95. The molecule has 3 rings (SSSR count). The van der Waals surface area contributed by atoms with Gasteiger partial charge in [-0.3, -0.25) is 0 Å². The number of hydrogen-bond donors (Lipinski definition) is 1. The highest BCUT2D eigenvalue weighted by Gasteiger charge is 2.24. The normalized spacial score (nSPS) is 15.3. The van der Waals surface area contributed by atoms with E-state index in [-0.39, 0.29) is 6.03 Å². The summed E-state index contributed by atoms with van der Waals surface area (Å²) in [4.78, 5) is 14.4. The summed E-state index contributed by atoms with van der Waals surface area (Å²) in [5, 5.41) is 3.03. The van der Waals surface area contributed by atoms with Crippen LogP contribution in [0.25, 0.3) is 0 Å². The lowest BCUT2D eigenvalue weighted by atomic mass is 9.90. The molecule has 4 nitrogen and oxygen atoms in total. The monoisotopic (exact) mass is 324 g/mol. The Morgan fingerprint density at radius 2 is 1.75 bits per heavy atom. The molecular weight excluding hydrogens is 300 g/mol. The summed E-state index contributed by atoms with van der Waals surface area (Å²) in [6.45, 7) is 2.07. The van der Waals surface area contributed by atoms with Crippen LogP contribution in [0.3, 0.4) is 0 Å². The van der Waals surface area contributed by atoms with E-state index in [4.69, 9.17) is 4.74 Å². The van der Waals surface area contributed by atoms with E-state index < -0.39 is 0 Å². The molecule has 1 heterocycles. The van der Waals surface area contributed by atoms with Gasteiger partial charge in [0.2, 0.25) is 0 Å². The zero-order valence-electron chi connectivity index (χ0n) is 14.1. The van der Waals surface area contributed by atoms with Crippen LogP contribution in [0, 0.1) is 0 Å². The number of nitrogens with zero attached hydrogens (tertiary/aromatic N) is 1. The van der Waals surface area contributed by atoms with Crippen LogP contribution in [0.5, 0.6) is 0 Å². The second-order valence-corrected chi connectivity index (χ2v) is 6.19. The van der Waals surface area contributed by atoms with Crippen LogP contribution in [0.4, 0.5) is 10.5 Å². The molecule has 126 valence electrons. The van der Waals surface area contributed by atoms with Crippen molar-refractivity contribution in [3.05, 3.63) is 65.7 Å². The Morgan fingerprint density at radius 3 is 2.46 bits per heavy atom. The molecule has 0 bridgehead atoms. The van der Waals surface area contributed by atoms with Crippen molar-refractivity contribution in [2.45, 2.75) is 25.4 Å². The van der Waals surface area contributed by atoms with E-state index in [0.29, 0.717) is 12.5 Å². The van der Waals surface area contributed by atoms with E-state index in [1.807, 2.05) is 35.2 Å². The van der Waals surface area contributed by atoms with Crippen molar-refractivity contribution in [1.82, 2.24) is 4.90 Å². The number of rotatable bonds is 4. The number of carbonyl (C=O) groups excluding carboxylic acids is 1. The standard InChI is InChI=1S/C20H24N2O2/c1-24-15-18-9-5-6-10-19(18)21-20(23)22-13-11-17(12-14-22)16-7-3-2-4-8-16/h2-10,17H,11-15H2,1H3,(H,21,23). The van der Waals surface area contributed by atoms with Gasteiger partial charge in [-0.1, -0.05) is 48.5 Å². The molecule has 1 saturated heterocycles. The molecule has 1 N–H and O–H groups in total. The van der Waals surface area contributed by atoms with Crippen LogP contribution in [-0.2, 0) is 11.3 Å². The van der Waals surface area contributed by atoms with Gasteiger partial charge < -0.3 is 15.0 Å². The van der Waals surface area contributed by atoms with Crippen LogP contribution in [0.2, 0.25) is 0 Å². The molecule has 2 amide bonds. The molecule has 24 heavy (non-hydrogen) atoms. The quantitative estimate of drug-likeness (QED) is 0.914. The first-order chi connectivity index (χ1) is 11.8. The van der Waals surface area contributed by atoms with Gasteiger partial charge in [0.05, 0.1) is 6.61 Å². The van der Waals surface area contributed by atoms with E-state index >= 15 is 0 Å². The molecule has 4 heteroatoms. The second-order valence-electron chi connectivity index (χ2n) is 6.19. The number of carbonyl (C=O) groups is 1. The zero-order chi connectivity index (χ0) is 16.8. The van der Waals surface area contributed by atoms with Gasteiger partial charge in [0.1, 0.15) is 0 Å². The van der Waals surface area contributed by atoms with Gasteiger partial charge in [-0.15, -0.1) is 0 Å². The predicted molar refractivity (Wildman–Crippen MR) is 96.2 cm³/mol. The lowest BCUT2D eigenvalue weighted by molar-refractivity contribution is 0.184. The van der Waals surface area contributed by atoms with Gasteiger partial charge in [-0.05, 0) is 30.4 Å². The summed E-state index contributed by atoms with van der Waals surface area (Å²) < 4.78 is 5.19. The fourth-order valence-corrected chi connectivity index (χ4v) is 3.26. The summed E-state index contributed by atoms with van der Waals surface area (Å²) in [6, 6.07) is 18.3. The minimum absolute atomic E-state index is 0.0231. The van der Waals surface area contributed by atoms with Crippen LogP contribution in [0.1, 0.15) is 29.9 Å². The highest BCUT2D eigenvalue weighted by molar-refractivity contribution is 5.90. The molecule has 2 aromatic carbocycles. The average molecular weight is 324 g/mol. The molecule has 0 spiro atoms. The number of hydrogen-bond acceptors (Lipinski definition) is 2. The van der Waals surface area contributed by atoms with E-state index in [0.717, 1.165) is 37.2 Å². The number of piperidine rings is 1.